The molecule has 24 heavy (non-hydrogen) atoms. The zero-order chi connectivity index (χ0) is 17.5. The SMILES string of the molecule is CCOc1ccc(CNC(=O)N(C)Cc2ccc(Br)s2)cc1OC. The Morgan fingerprint density at radius 1 is 1.29 bits per heavy atom. The van der Waals surface area contributed by atoms with E-state index in [2.05, 4.69) is 21.2 Å². The standard InChI is InChI=1S/C17H21BrN2O3S/c1-4-23-14-7-5-12(9-15(14)22-3)10-19-17(21)20(2)11-13-6-8-16(18)24-13/h5-9H,4,10-11H2,1-3H3,(H,19,21). The summed E-state index contributed by atoms with van der Waals surface area (Å²) in [7, 11) is 3.38. The van der Waals surface area contributed by atoms with Crippen LogP contribution in [-0.2, 0) is 13.1 Å². The molecular weight excluding hydrogens is 392 g/mol. The Morgan fingerprint density at radius 3 is 2.71 bits per heavy atom. The minimum Gasteiger partial charge on any atom is -0.493 e. The van der Waals surface area contributed by atoms with Gasteiger partial charge in [0.2, 0.25) is 0 Å². The van der Waals surface area contributed by atoms with Gasteiger partial charge in [-0.1, -0.05) is 6.07 Å². The molecule has 0 radical (unpaired) electrons. The average molecular weight is 413 g/mol. The second kappa shape index (κ2) is 8.94. The number of carbonyl (C=O) groups is 1. The van der Waals surface area contributed by atoms with Crippen LogP contribution in [-0.4, -0.2) is 31.7 Å². The molecule has 1 heterocycles. The van der Waals surface area contributed by atoms with Gasteiger partial charge < -0.3 is 19.7 Å². The molecule has 1 N–H and O–H groups in total. The lowest BCUT2D eigenvalue weighted by molar-refractivity contribution is 0.207. The van der Waals surface area contributed by atoms with Gasteiger partial charge in [0.25, 0.3) is 0 Å². The quantitative estimate of drug-likeness (QED) is 0.738. The lowest BCUT2D eigenvalue weighted by Gasteiger charge is -2.17. The van der Waals surface area contributed by atoms with E-state index in [9.17, 15) is 4.79 Å². The summed E-state index contributed by atoms with van der Waals surface area (Å²) in [5.74, 6) is 1.37. The molecule has 1 aromatic heterocycles. The fraction of sp³-hybridized carbons (Fsp3) is 0.353. The molecule has 0 aliphatic carbocycles. The molecule has 2 rings (SSSR count). The molecular formula is C17H21BrN2O3S. The van der Waals surface area contributed by atoms with Crippen molar-refractivity contribution in [1.29, 1.82) is 0 Å². The van der Waals surface area contributed by atoms with Gasteiger partial charge in [-0.2, -0.15) is 0 Å². The number of nitrogens with one attached hydrogen (secondary N) is 1. The molecule has 0 bridgehead atoms. The highest BCUT2D eigenvalue weighted by Gasteiger charge is 2.11. The molecule has 2 aromatic rings. The lowest BCUT2D eigenvalue weighted by atomic mass is 10.2. The van der Waals surface area contributed by atoms with Crippen LogP contribution in [0, 0.1) is 0 Å². The van der Waals surface area contributed by atoms with Crippen LogP contribution in [0.5, 0.6) is 11.5 Å². The van der Waals surface area contributed by atoms with Crippen LogP contribution in [0.3, 0.4) is 0 Å². The van der Waals surface area contributed by atoms with Gasteiger partial charge >= 0.3 is 6.03 Å². The van der Waals surface area contributed by atoms with Crippen molar-refractivity contribution in [3.8, 4) is 11.5 Å². The molecule has 7 heteroatoms. The van der Waals surface area contributed by atoms with Crippen LogP contribution in [0.2, 0.25) is 0 Å². The maximum Gasteiger partial charge on any atom is 0.317 e. The summed E-state index contributed by atoms with van der Waals surface area (Å²) < 4.78 is 11.9. The summed E-state index contributed by atoms with van der Waals surface area (Å²) in [6, 6.07) is 9.53. The van der Waals surface area contributed by atoms with Crippen molar-refractivity contribution in [1.82, 2.24) is 10.2 Å². The van der Waals surface area contributed by atoms with Gasteiger partial charge in [0, 0.05) is 18.5 Å². The number of rotatable bonds is 7. The number of ether oxygens (including phenoxy) is 2. The van der Waals surface area contributed by atoms with E-state index in [1.54, 1.807) is 30.4 Å². The van der Waals surface area contributed by atoms with Crippen LogP contribution in [0.4, 0.5) is 4.79 Å². The summed E-state index contributed by atoms with van der Waals surface area (Å²) in [6.45, 7) is 3.51. The van der Waals surface area contributed by atoms with Gasteiger partial charge in [0.1, 0.15) is 0 Å². The highest BCUT2D eigenvalue weighted by Crippen LogP contribution is 2.28. The normalized spacial score (nSPS) is 10.3. The maximum atomic E-state index is 12.2. The Hall–Kier alpha value is -1.73. The second-order valence-corrected chi connectivity index (χ2v) is 7.69. The molecule has 2 amide bonds. The summed E-state index contributed by atoms with van der Waals surface area (Å²) >= 11 is 5.05. The minimum absolute atomic E-state index is 0.118. The van der Waals surface area contributed by atoms with Gasteiger partial charge in [-0.25, -0.2) is 4.79 Å². The average Bonchev–Trinajstić information content (AvgIpc) is 2.98. The Morgan fingerprint density at radius 2 is 2.08 bits per heavy atom. The van der Waals surface area contributed by atoms with E-state index in [1.165, 1.54) is 0 Å². The van der Waals surface area contributed by atoms with Gasteiger partial charge in [-0.3, -0.25) is 0 Å². The molecule has 0 spiro atoms. The largest absolute Gasteiger partial charge is 0.493 e. The maximum absolute atomic E-state index is 12.2. The van der Waals surface area contributed by atoms with Crippen molar-refractivity contribution in [2.24, 2.45) is 0 Å². The molecule has 0 saturated heterocycles. The Balaban J connectivity index is 1.90. The summed E-state index contributed by atoms with van der Waals surface area (Å²) in [5.41, 5.74) is 0.955. The fourth-order valence-corrected chi connectivity index (χ4v) is 3.69. The zero-order valence-corrected chi connectivity index (χ0v) is 16.4. The van der Waals surface area contributed by atoms with Crippen molar-refractivity contribution in [3.05, 3.63) is 44.6 Å². The smallest absolute Gasteiger partial charge is 0.317 e. The van der Waals surface area contributed by atoms with Crippen LogP contribution in [0.1, 0.15) is 17.4 Å². The van der Waals surface area contributed by atoms with E-state index in [0.29, 0.717) is 31.2 Å². The second-order valence-electron chi connectivity index (χ2n) is 5.14. The number of thiophene rings is 1. The summed E-state index contributed by atoms with van der Waals surface area (Å²) in [6.07, 6.45) is 0. The molecule has 0 aliphatic heterocycles. The van der Waals surface area contributed by atoms with Crippen LogP contribution < -0.4 is 14.8 Å². The number of methoxy groups -OCH3 is 1. The molecule has 5 nitrogen and oxygen atoms in total. The van der Waals surface area contributed by atoms with Crippen LogP contribution in [0.15, 0.2) is 34.1 Å². The van der Waals surface area contributed by atoms with E-state index in [-0.39, 0.29) is 6.03 Å². The summed E-state index contributed by atoms with van der Waals surface area (Å²) in [5, 5.41) is 2.91. The summed E-state index contributed by atoms with van der Waals surface area (Å²) in [4.78, 5) is 15.0. The van der Waals surface area contributed by atoms with E-state index < -0.39 is 0 Å². The first kappa shape index (κ1) is 18.6. The van der Waals surface area contributed by atoms with Crippen molar-refractivity contribution < 1.29 is 14.3 Å². The number of hydrogen-bond acceptors (Lipinski definition) is 4. The first-order valence-corrected chi connectivity index (χ1v) is 9.17. The number of amides is 2. The highest BCUT2D eigenvalue weighted by molar-refractivity contribution is 9.11. The van der Waals surface area contributed by atoms with Crippen LogP contribution in [0.25, 0.3) is 0 Å². The molecule has 0 unspecified atom stereocenters. The predicted molar refractivity (Wildman–Crippen MR) is 99.9 cm³/mol. The van der Waals surface area contributed by atoms with Crippen molar-refractivity contribution >= 4 is 33.3 Å². The number of carbonyl (C=O) groups excluding carboxylic acids is 1. The Kier molecular flexibility index (Phi) is 6.93. The minimum atomic E-state index is -0.118. The number of nitrogens with zero attached hydrogens (tertiary/aromatic N) is 1. The molecule has 0 fully saturated rings. The fourth-order valence-electron chi connectivity index (χ4n) is 2.15. The van der Waals surface area contributed by atoms with Crippen molar-refractivity contribution in [2.45, 2.75) is 20.0 Å². The zero-order valence-electron chi connectivity index (χ0n) is 14.0. The number of benzene rings is 1. The monoisotopic (exact) mass is 412 g/mol. The predicted octanol–water partition coefficient (Wildman–Crippen LogP) is 4.26. The van der Waals surface area contributed by atoms with E-state index in [1.807, 2.05) is 37.3 Å². The Labute approximate surface area is 154 Å². The molecule has 0 atom stereocenters. The third kappa shape index (κ3) is 5.14. The van der Waals surface area contributed by atoms with Crippen molar-refractivity contribution in [2.75, 3.05) is 20.8 Å². The number of halogens is 1. The van der Waals surface area contributed by atoms with Gasteiger partial charge in [-0.15, -0.1) is 11.3 Å². The lowest BCUT2D eigenvalue weighted by Crippen LogP contribution is -2.36. The molecule has 130 valence electrons. The third-order valence-electron chi connectivity index (χ3n) is 3.34. The molecule has 0 aliphatic rings. The van der Waals surface area contributed by atoms with E-state index in [4.69, 9.17) is 9.47 Å². The Bertz CT molecular complexity index is 690. The first-order valence-electron chi connectivity index (χ1n) is 7.56. The third-order valence-corrected chi connectivity index (χ3v) is 4.95. The van der Waals surface area contributed by atoms with Gasteiger partial charge in [-0.05, 0) is 52.7 Å². The number of urea groups is 1. The molecule has 1 aromatic carbocycles. The number of hydrogen-bond donors (Lipinski definition) is 1. The van der Waals surface area contributed by atoms with Crippen molar-refractivity contribution in [3.63, 3.8) is 0 Å². The van der Waals surface area contributed by atoms with Gasteiger partial charge in [0.05, 0.1) is 24.0 Å². The van der Waals surface area contributed by atoms with E-state index >= 15 is 0 Å². The van der Waals surface area contributed by atoms with E-state index in [0.717, 1.165) is 14.2 Å². The topological polar surface area (TPSA) is 50.8 Å². The first-order chi connectivity index (χ1) is 11.5. The molecule has 0 saturated carbocycles. The highest BCUT2D eigenvalue weighted by atomic mass is 79.9. The van der Waals surface area contributed by atoms with Gasteiger partial charge in [0.15, 0.2) is 11.5 Å². The van der Waals surface area contributed by atoms with Crippen LogP contribution >= 0.6 is 27.3 Å².